The van der Waals surface area contributed by atoms with E-state index < -0.39 is 0 Å². The molecule has 3 amide bonds. The number of amides is 3. The Morgan fingerprint density at radius 2 is 1.80 bits per heavy atom. The van der Waals surface area contributed by atoms with Crippen molar-refractivity contribution < 1.29 is 14.0 Å². The highest BCUT2D eigenvalue weighted by atomic mass is 19.1. The van der Waals surface area contributed by atoms with Gasteiger partial charge in [-0.2, -0.15) is 0 Å². The van der Waals surface area contributed by atoms with Crippen molar-refractivity contribution >= 4 is 17.6 Å². The number of halogens is 1. The lowest BCUT2D eigenvalue weighted by Gasteiger charge is -2.17. The molecule has 2 N–H and O–H groups in total. The number of nitrogens with one attached hydrogen (secondary N) is 2. The van der Waals surface area contributed by atoms with Gasteiger partial charge in [0.05, 0.1) is 6.42 Å². The van der Waals surface area contributed by atoms with Crippen molar-refractivity contribution in [1.29, 1.82) is 0 Å². The van der Waals surface area contributed by atoms with Crippen molar-refractivity contribution in [2.45, 2.75) is 18.9 Å². The van der Waals surface area contributed by atoms with E-state index in [-0.39, 0.29) is 23.8 Å². The van der Waals surface area contributed by atoms with Crippen LogP contribution in [0.4, 0.5) is 14.9 Å². The Hall–Kier alpha value is -2.89. The summed E-state index contributed by atoms with van der Waals surface area (Å²) >= 11 is 0. The zero-order valence-corrected chi connectivity index (χ0v) is 13.7. The molecular weight excluding hydrogens is 321 g/mol. The number of hydrogen-bond acceptors (Lipinski definition) is 2. The second-order valence-corrected chi connectivity index (χ2v) is 6.09. The van der Waals surface area contributed by atoms with Crippen molar-refractivity contribution in [3.63, 3.8) is 0 Å². The molecular formula is C19H20FN3O2. The summed E-state index contributed by atoms with van der Waals surface area (Å²) in [5.41, 5.74) is 1.51. The maximum absolute atomic E-state index is 12.9. The molecule has 0 bridgehead atoms. The molecule has 130 valence electrons. The zero-order chi connectivity index (χ0) is 17.6. The van der Waals surface area contributed by atoms with Gasteiger partial charge in [-0.1, -0.05) is 30.3 Å². The summed E-state index contributed by atoms with van der Waals surface area (Å²) in [5.74, 6) is -0.288. The molecule has 1 fully saturated rings. The second-order valence-electron chi connectivity index (χ2n) is 6.09. The van der Waals surface area contributed by atoms with Gasteiger partial charge in [-0.25, -0.2) is 9.18 Å². The average molecular weight is 341 g/mol. The lowest BCUT2D eigenvalue weighted by molar-refractivity contribution is -0.129. The first-order chi connectivity index (χ1) is 12.1. The molecule has 2 aromatic carbocycles. The summed E-state index contributed by atoms with van der Waals surface area (Å²) in [5, 5.41) is 5.51. The molecule has 1 aliphatic heterocycles. The van der Waals surface area contributed by atoms with Crippen molar-refractivity contribution in [3.05, 3.63) is 66.0 Å². The van der Waals surface area contributed by atoms with E-state index in [4.69, 9.17) is 0 Å². The Balaban J connectivity index is 1.46. The third kappa shape index (κ3) is 4.79. The van der Waals surface area contributed by atoms with Gasteiger partial charge >= 0.3 is 6.03 Å². The van der Waals surface area contributed by atoms with Gasteiger partial charge in [-0.05, 0) is 36.2 Å². The number of benzene rings is 2. The van der Waals surface area contributed by atoms with E-state index in [1.807, 2.05) is 30.3 Å². The Bertz CT molecular complexity index is 734. The largest absolute Gasteiger partial charge is 0.340 e. The topological polar surface area (TPSA) is 61.4 Å². The van der Waals surface area contributed by atoms with E-state index in [0.29, 0.717) is 25.2 Å². The van der Waals surface area contributed by atoms with Gasteiger partial charge in [-0.3, -0.25) is 4.79 Å². The highest BCUT2D eigenvalue weighted by Crippen LogP contribution is 2.13. The Labute approximate surface area is 145 Å². The molecule has 6 heteroatoms. The third-order valence-electron chi connectivity index (χ3n) is 4.18. The number of urea groups is 1. The molecule has 0 unspecified atom stereocenters. The number of carbonyl (C=O) groups excluding carboxylic acids is 2. The first kappa shape index (κ1) is 17.0. The van der Waals surface area contributed by atoms with E-state index in [2.05, 4.69) is 10.6 Å². The molecule has 0 aromatic heterocycles. The van der Waals surface area contributed by atoms with Crippen LogP contribution < -0.4 is 10.6 Å². The predicted octanol–water partition coefficient (Wildman–Crippen LogP) is 2.79. The summed E-state index contributed by atoms with van der Waals surface area (Å²) in [4.78, 5) is 26.1. The van der Waals surface area contributed by atoms with Crippen LogP contribution in [0.2, 0.25) is 0 Å². The van der Waals surface area contributed by atoms with E-state index in [0.717, 1.165) is 12.0 Å². The van der Waals surface area contributed by atoms with Crippen LogP contribution >= 0.6 is 0 Å². The van der Waals surface area contributed by atoms with Crippen molar-refractivity contribution in [1.82, 2.24) is 10.2 Å². The Morgan fingerprint density at radius 3 is 2.52 bits per heavy atom. The molecule has 0 spiro atoms. The van der Waals surface area contributed by atoms with Gasteiger partial charge in [0.2, 0.25) is 5.91 Å². The molecule has 0 aliphatic carbocycles. The number of rotatable bonds is 4. The van der Waals surface area contributed by atoms with Crippen LogP contribution in [0.1, 0.15) is 12.0 Å². The molecule has 25 heavy (non-hydrogen) atoms. The fourth-order valence-electron chi connectivity index (χ4n) is 2.87. The minimum Gasteiger partial charge on any atom is -0.340 e. The second kappa shape index (κ2) is 7.79. The molecule has 5 nitrogen and oxygen atoms in total. The van der Waals surface area contributed by atoms with Crippen LogP contribution in [0, 0.1) is 5.82 Å². The van der Waals surface area contributed by atoms with Crippen molar-refractivity contribution in [3.8, 4) is 0 Å². The quantitative estimate of drug-likeness (QED) is 0.898. The Morgan fingerprint density at radius 1 is 1.08 bits per heavy atom. The SMILES string of the molecule is O=C(Nc1ccc(F)cc1)N[C@H]1CCN(C(=O)Cc2ccccc2)C1. The van der Waals surface area contributed by atoms with Crippen LogP contribution in [0.25, 0.3) is 0 Å². The maximum Gasteiger partial charge on any atom is 0.319 e. The van der Waals surface area contributed by atoms with E-state index in [1.165, 1.54) is 24.3 Å². The van der Waals surface area contributed by atoms with Gasteiger partial charge in [0.1, 0.15) is 5.82 Å². The summed E-state index contributed by atoms with van der Waals surface area (Å²) in [6.07, 6.45) is 1.09. The predicted molar refractivity (Wildman–Crippen MR) is 93.7 cm³/mol. The molecule has 1 heterocycles. The summed E-state index contributed by atoms with van der Waals surface area (Å²) in [7, 11) is 0. The van der Waals surface area contributed by atoms with Gasteiger partial charge < -0.3 is 15.5 Å². The number of anilines is 1. The molecule has 1 atom stereocenters. The number of nitrogens with zero attached hydrogens (tertiary/aromatic N) is 1. The first-order valence-electron chi connectivity index (χ1n) is 8.25. The fraction of sp³-hybridized carbons (Fsp3) is 0.263. The average Bonchev–Trinajstić information content (AvgIpc) is 3.06. The van der Waals surface area contributed by atoms with Gasteiger partial charge in [0.25, 0.3) is 0 Å². The maximum atomic E-state index is 12.9. The highest BCUT2D eigenvalue weighted by molar-refractivity contribution is 5.89. The molecule has 2 aromatic rings. The smallest absolute Gasteiger partial charge is 0.319 e. The van der Waals surface area contributed by atoms with E-state index in [9.17, 15) is 14.0 Å². The highest BCUT2D eigenvalue weighted by Gasteiger charge is 2.27. The number of likely N-dealkylation sites (tertiary alicyclic amines) is 1. The van der Waals surface area contributed by atoms with Crippen LogP contribution in [-0.2, 0) is 11.2 Å². The standard InChI is InChI=1S/C19H20FN3O2/c20-15-6-8-16(9-7-15)21-19(25)22-17-10-11-23(13-17)18(24)12-14-4-2-1-3-5-14/h1-9,17H,10-13H2,(H2,21,22,25)/t17-/m0/s1. The molecule has 3 rings (SSSR count). The van der Waals surface area contributed by atoms with E-state index >= 15 is 0 Å². The van der Waals surface area contributed by atoms with Crippen molar-refractivity contribution in [2.24, 2.45) is 0 Å². The lowest BCUT2D eigenvalue weighted by atomic mass is 10.1. The molecule has 1 saturated heterocycles. The Kier molecular flexibility index (Phi) is 5.28. The van der Waals surface area contributed by atoms with Crippen LogP contribution in [-0.4, -0.2) is 36.0 Å². The van der Waals surface area contributed by atoms with Gasteiger partial charge in [0, 0.05) is 24.8 Å². The van der Waals surface area contributed by atoms with Crippen LogP contribution in [0.5, 0.6) is 0 Å². The molecule has 1 aliphatic rings. The minimum atomic E-state index is -0.353. The minimum absolute atomic E-state index is 0.0643. The molecule has 0 saturated carbocycles. The monoisotopic (exact) mass is 341 g/mol. The summed E-state index contributed by atoms with van der Waals surface area (Å²) in [6, 6.07) is 14.7. The summed E-state index contributed by atoms with van der Waals surface area (Å²) < 4.78 is 12.9. The third-order valence-corrected chi connectivity index (χ3v) is 4.18. The van der Waals surface area contributed by atoms with Gasteiger partial charge in [0.15, 0.2) is 0 Å². The first-order valence-corrected chi connectivity index (χ1v) is 8.25. The van der Waals surface area contributed by atoms with Crippen LogP contribution in [0.3, 0.4) is 0 Å². The fourth-order valence-corrected chi connectivity index (χ4v) is 2.87. The zero-order valence-electron chi connectivity index (χ0n) is 13.7. The number of carbonyl (C=O) groups is 2. The summed E-state index contributed by atoms with van der Waals surface area (Å²) in [6.45, 7) is 1.13. The van der Waals surface area contributed by atoms with Crippen molar-refractivity contribution in [2.75, 3.05) is 18.4 Å². The molecule has 0 radical (unpaired) electrons. The lowest BCUT2D eigenvalue weighted by Crippen LogP contribution is -2.40. The van der Waals surface area contributed by atoms with Crippen LogP contribution in [0.15, 0.2) is 54.6 Å². The normalized spacial score (nSPS) is 16.5. The number of hydrogen-bond donors (Lipinski definition) is 2. The van der Waals surface area contributed by atoms with E-state index in [1.54, 1.807) is 4.90 Å². The van der Waals surface area contributed by atoms with Gasteiger partial charge in [-0.15, -0.1) is 0 Å².